The second kappa shape index (κ2) is 13.6. The van der Waals surface area contributed by atoms with Crippen LogP contribution in [0.15, 0.2) is 48.5 Å². The summed E-state index contributed by atoms with van der Waals surface area (Å²) in [5.41, 5.74) is 1.44. The third-order valence-electron chi connectivity index (χ3n) is 5.81. The lowest BCUT2D eigenvalue weighted by atomic mass is 10.0. The number of nitrogens with zero attached hydrogens (tertiary/aromatic N) is 1. The molecule has 9 heteroatoms. The predicted molar refractivity (Wildman–Crippen MR) is 137 cm³/mol. The summed E-state index contributed by atoms with van der Waals surface area (Å²) in [7, 11) is 1.64. The third kappa shape index (κ3) is 7.37. The molecule has 0 bridgehead atoms. The van der Waals surface area contributed by atoms with Gasteiger partial charge in [-0.3, -0.25) is 14.5 Å². The fourth-order valence-electron chi connectivity index (χ4n) is 3.88. The number of nitrogens with one attached hydrogen (secondary N) is 2. The molecule has 34 heavy (non-hydrogen) atoms. The highest BCUT2D eigenvalue weighted by atomic mass is 35.5. The molecule has 2 N–H and O–H groups in total. The molecule has 0 aliphatic carbocycles. The third-order valence-corrected chi connectivity index (χ3v) is 6.78. The first-order valence-electron chi connectivity index (χ1n) is 11.3. The lowest BCUT2D eigenvalue weighted by molar-refractivity contribution is -0.123. The van der Waals surface area contributed by atoms with Crippen LogP contribution in [-0.2, 0) is 9.53 Å². The van der Waals surface area contributed by atoms with Crippen molar-refractivity contribution in [2.45, 2.75) is 18.5 Å². The number of morpholine rings is 1. The van der Waals surface area contributed by atoms with Crippen LogP contribution in [0, 0.1) is 0 Å². The molecule has 0 saturated carbocycles. The van der Waals surface area contributed by atoms with Gasteiger partial charge in [-0.15, -0.1) is 0 Å². The average Bonchev–Trinajstić information content (AvgIpc) is 2.87. The molecule has 1 aliphatic heterocycles. The molecule has 1 saturated heterocycles. The first-order valence-corrected chi connectivity index (χ1v) is 13.1. The van der Waals surface area contributed by atoms with E-state index in [1.807, 2.05) is 30.5 Å². The number of hydrogen-bond acceptors (Lipinski definition) is 6. The van der Waals surface area contributed by atoms with Crippen molar-refractivity contribution < 1.29 is 19.1 Å². The van der Waals surface area contributed by atoms with Crippen molar-refractivity contribution in [1.82, 2.24) is 15.5 Å². The van der Waals surface area contributed by atoms with Crippen LogP contribution in [0.25, 0.3) is 0 Å². The van der Waals surface area contributed by atoms with Gasteiger partial charge in [-0.25, -0.2) is 0 Å². The van der Waals surface area contributed by atoms with Crippen LogP contribution in [0.2, 0.25) is 5.02 Å². The fourth-order valence-corrected chi connectivity index (χ4v) is 4.57. The zero-order valence-corrected chi connectivity index (χ0v) is 21.2. The zero-order valence-electron chi connectivity index (χ0n) is 19.6. The topological polar surface area (TPSA) is 79.9 Å². The van der Waals surface area contributed by atoms with E-state index in [-0.39, 0.29) is 17.9 Å². The smallest absolute Gasteiger partial charge is 0.253 e. The Morgan fingerprint density at radius 3 is 2.50 bits per heavy atom. The van der Waals surface area contributed by atoms with Gasteiger partial charge in [-0.05, 0) is 48.3 Å². The molecule has 0 radical (unpaired) electrons. The van der Waals surface area contributed by atoms with E-state index in [2.05, 4.69) is 15.5 Å². The molecule has 184 valence electrons. The molecule has 3 rings (SSSR count). The summed E-state index contributed by atoms with van der Waals surface area (Å²) in [6.45, 7) is 3.30. The SMILES string of the molecule is COc1ccc([C@@H](CNC(=O)[C@@H](CCSC)NC(=O)c2ccccc2Cl)N2CCOCC2)cc1. The van der Waals surface area contributed by atoms with E-state index in [0.717, 1.165) is 30.2 Å². The van der Waals surface area contributed by atoms with Crippen molar-refractivity contribution >= 4 is 35.2 Å². The lowest BCUT2D eigenvalue weighted by Crippen LogP contribution is -2.50. The Morgan fingerprint density at radius 2 is 1.85 bits per heavy atom. The van der Waals surface area contributed by atoms with Gasteiger partial charge in [0.2, 0.25) is 5.91 Å². The highest BCUT2D eigenvalue weighted by Gasteiger charge is 2.26. The van der Waals surface area contributed by atoms with Crippen LogP contribution in [0.4, 0.5) is 0 Å². The molecule has 2 atom stereocenters. The van der Waals surface area contributed by atoms with Crippen molar-refractivity contribution in [3.05, 3.63) is 64.7 Å². The Kier molecular flexibility index (Phi) is 10.5. The molecule has 0 spiro atoms. The van der Waals surface area contributed by atoms with Crippen LogP contribution in [0.3, 0.4) is 0 Å². The number of benzene rings is 2. The number of hydrogen-bond donors (Lipinski definition) is 2. The van der Waals surface area contributed by atoms with Gasteiger partial charge in [0.15, 0.2) is 0 Å². The predicted octanol–water partition coefficient (Wildman–Crippen LogP) is 3.39. The van der Waals surface area contributed by atoms with Crippen molar-refractivity contribution in [2.24, 2.45) is 0 Å². The summed E-state index contributed by atoms with van der Waals surface area (Å²) in [4.78, 5) is 28.3. The van der Waals surface area contributed by atoms with E-state index in [1.54, 1.807) is 43.1 Å². The molecule has 0 aromatic heterocycles. The average molecular weight is 506 g/mol. The second-order valence-electron chi connectivity index (χ2n) is 7.97. The largest absolute Gasteiger partial charge is 0.497 e. The molecule has 1 fully saturated rings. The number of halogens is 1. The van der Waals surface area contributed by atoms with Gasteiger partial charge < -0.3 is 20.1 Å². The minimum atomic E-state index is -0.655. The van der Waals surface area contributed by atoms with E-state index >= 15 is 0 Å². The quantitative estimate of drug-likeness (QED) is 0.487. The molecule has 1 heterocycles. The molecular weight excluding hydrogens is 474 g/mol. The summed E-state index contributed by atoms with van der Waals surface area (Å²) in [5.74, 6) is 0.965. The molecule has 2 aromatic carbocycles. The summed E-state index contributed by atoms with van der Waals surface area (Å²) < 4.78 is 10.8. The number of carbonyl (C=O) groups is 2. The second-order valence-corrected chi connectivity index (χ2v) is 9.36. The van der Waals surface area contributed by atoms with Crippen LogP contribution in [0.5, 0.6) is 5.75 Å². The minimum Gasteiger partial charge on any atom is -0.497 e. The molecule has 2 aromatic rings. The number of thioether (sulfide) groups is 1. The Morgan fingerprint density at radius 1 is 1.15 bits per heavy atom. The Bertz CT molecular complexity index is 938. The van der Waals surface area contributed by atoms with Gasteiger partial charge in [-0.2, -0.15) is 11.8 Å². The number of ether oxygens (including phenoxy) is 2. The molecule has 0 unspecified atom stereocenters. The van der Waals surface area contributed by atoms with Crippen LogP contribution < -0.4 is 15.4 Å². The van der Waals surface area contributed by atoms with E-state index in [1.165, 1.54) is 0 Å². The Balaban J connectivity index is 1.70. The summed E-state index contributed by atoms with van der Waals surface area (Å²) in [6.07, 6.45) is 2.50. The molecular formula is C25H32ClN3O4S. The first kappa shape index (κ1) is 26.3. The Labute approximate surface area is 210 Å². The van der Waals surface area contributed by atoms with Crippen molar-refractivity contribution in [3.8, 4) is 5.75 Å². The van der Waals surface area contributed by atoms with E-state index < -0.39 is 6.04 Å². The van der Waals surface area contributed by atoms with Gasteiger partial charge in [0.05, 0.1) is 37.0 Å². The number of carbonyl (C=O) groups excluding carboxylic acids is 2. The maximum Gasteiger partial charge on any atom is 0.253 e. The van der Waals surface area contributed by atoms with Gasteiger partial charge in [0, 0.05) is 19.6 Å². The van der Waals surface area contributed by atoms with E-state index in [9.17, 15) is 9.59 Å². The minimum absolute atomic E-state index is 0.0146. The highest BCUT2D eigenvalue weighted by molar-refractivity contribution is 7.98. The van der Waals surface area contributed by atoms with Crippen LogP contribution in [-0.4, -0.2) is 74.7 Å². The first-order chi connectivity index (χ1) is 16.5. The molecule has 7 nitrogen and oxygen atoms in total. The number of amides is 2. The summed E-state index contributed by atoms with van der Waals surface area (Å²) in [5, 5.41) is 6.30. The van der Waals surface area contributed by atoms with Crippen molar-refractivity contribution in [1.29, 1.82) is 0 Å². The van der Waals surface area contributed by atoms with E-state index in [4.69, 9.17) is 21.1 Å². The van der Waals surface area contributed by atoms with Crippen molar-refractivity contribution in [3.63, 3.8) is 0 Å². The lowest BCUT2D eigenvalue weighted by Gasteiger charge is -2.35. The van der Waals surface area contributed by atoms with Gasteiger partial charge in [0.25, 0.3) is 5.91 Å². The highest BCUT2D eigenvalue weighted by Crippen LogP contribution is 2.24. The summed E-state index contributed by atoms with van der Waals surface area (Å²) >= 11 is 7.80. The van der Waals surface area contributed by atoms with Crippen LogP contribution >= 0.6 is 23.4 Å². The zero-order chi connectivity index (χ0) is 24.3. The maximum absolute atomic E-state index is 13.2. The van der Waals surface area contributed by atoms with Crippen LogP contribution in [0.1, 0.15) is 28.4 Å². The van der Waals surface area contributed by atoms with Crippen molar-refractivity contribution in [2.75, 3.05) is 52.0 Å². The Hall–Kier alpha value is -2.26. The summed E-state index contributed by atoms with van der Waals surface area (Å²) in [6, 6.07) is 14.1. The van der Waals surface area contributed by atoms with Gasteiger partial charge in [-0.1, -0.05) is 35.9 Å². The standard InChI is InChI=1S/C25H32ClN3O4S/c1-32-19-9-7-18(8-10-19)23(29-12-14-33-15-13-29)17-27-25(31)22(11-16-34-2)28-24(30)20-5-3-4-6-21(20)26/h3-10,22-23H,11-17H2,1-2H3,(H,27,31)(H,28,30)/t22-,23-/m1/s1. The van der Waals surface area contributed by atoms with Gasteiger partial charge >= 0.3 is 0 Å². The number of rotatable bonds is 11. The van der Waals surface area contributed by atoms with Gasteiger partial charge in [0.1, 0.15) is 11.8 Å². The maximum atomic E-state index is 13.2. The monoisotopic (exact) mass is 505 g/mol. The van der Waals surface area contributed by atoms with E-state index in [0.29, 0.717) is 36.8 Å². The fraction of sp³-hybridized carbons (Fsp3) is 0.440. The molecule has 2 amide bonds. The number of methoxy groups -OCH3 is 1. The molecule has 1 aliphatic rings. The normalized spacial score (nSPS) is 15.9.